The fourth-order valence-corrected chi connectivity index (χ4v) is 2.68. The highest BCUT2D eigenvalue weighted by molar-refractivity contribution is 4.94. The predicted octanol–water partition coefficient (Wildman–Crippen LogP) is 3.41. The highest BCUT2D eigenvalue weighted by Crippen LogP contribution is 2.31. The first-order valence-corrected chi connectivity index (χ1v) is 6.26. The van der Waals surface area contributed by atoms with Crippen LogP contribution < -0.4 is 0 Å². The van der Waals surface area contributed by atoms with E-state index >= 15 is 0 Å². The third-order valence-electron chi connectivity index (χ3n) is 3.92. The van der Waals surface area contributed by atoms with E-state index in [2.05, 4.69) is 23.4 Å². The van der Waals surface area contributed by atoms with Crippen molar-refractivity contribution in [3.8, 4) is 0 Å². The monoisotopic (exact) mass is 206 g/mol. The van der Waals surface area contributed by atoms with Gasteiger partial charge < -0.3 is 4.57 Å². The van der Waals surface area contributed by atoms with Gasteiger partial charge in [-0.3, -0.25) is 0 Å². The molecule has 84 valence electrons. The zero-order valence-corrected chi connectivity index (χ0v) is 9.95. The van der Waals surface area contributed by atoms with Crippen LogP contribution in [0, 0.1) is 18.8 Å². The Bertz CT molecular complexity index is 295. The van der Waals surface area contributed by atoms with Crippen molar-refractivity contribution in [2.45, 2.75) is 52.5 Å². The van der Waals surface area contributed by atoms with Crippen LogP contribution in [0.15, 0.2) is 12.5 Å². The SMILES string of the molecule is CCC1CCC(Cn2cncc2C)CC1. The van der Waals surface area contributed by atoms with Crippen LogP contribution in [0.4, 0.5) is 0 Å². The summed E-state index contributed by atoms with van der Waals surface area (Å²) in [5.41, 5.74) is 1.30. The minimum Gasteiger partial charge on any atom is -0.335 e. The van der Waals surface area contributed by atoms with Crippen molar-refractivity contribution in [2.75, 3.05) is 0 Å². The summed E-state index contributed by atoms with van der Waals surface area (Å²) in [4.78, 5) is 4.18. The predicted molar refractivity (Wildman–Crippen MR) is 62.7 cm³/mol. The van der Waals surface area contributed by atoms with E-state index < -0.39 is 0 Å². The van der Waals surface area contributed by atoms with Crippen LogP contribution in [-0.4, -0.2) is 9.55 Å². The molecule has 0 saturated heterocycles. The summed E-state index contributed by atoms with van der Waals surface area (Å²) in [7, 11) is 0. The van der Waals surface area contributed by atoms with Gasteiger partial charge in [-0.15, -0.1) is 0 Å². The maximum atomic E-state index is 4.18. The molecule has 1 aromatic rings. The molecule has 0 spiro atoms. The van der Waals surface area contributed by atoms with Gasteiger partial charge >= 0.3 is 0 Å². The fraction of sp³-hybridized carbons (Fsp3) is 0.769. The van der Waals surface area contributed by atoms with E-state index in [1.165, 1.54) is 44.3 Å². The molecule has 1 aliphatic rings. The second-order valence-electron chi connectivity index (χ2n) is 4.98. The van der Waals surface area contributed by atoms with Gasteiger partial charge in [0.2, 0.25) is 0 Å². The standard InChI is InChI=1S/C13H22N2/c1-3-12-4-6-13(7-5-12)9-15-10-14-8-11(15)2/h8,10,12-13H,3-7,9H2,1-2H3. The van der Waals surface area contributed by atoms with Crippen LogP contribution in [0.2, 0.25) is 0 Å². The normalized spacial score (nSPS) is 26.8. The average molecular weight is 206 g/mol. The molecule has 1 heterocycles. The van der Waals surface area contributed by atoms with E-state index in [-0.39, 0.29) is 0 Å². The van der Waals surface area contributed by atoms with Crippen LogP contribution in [0.25, 0.3) is 0 Å². The van der Waals surface area contributed by atoms with Crippen molar-refractivity contribution < 1.29 is 0 Å². The third kappa shape index (κ3) is 2.61. The second-order valence-corrected chi connectivity index (χ2v) is 4.98. The highest BCUT2D eigenvalue weighted by atomic mass is 15.0. The Labute approximate surface area is 92.7 Å². The van der Waals surface area contributed by atoms with E-state index in [0.29, 0.717) is 0 Å². The molecule has 0 radical (unpaired) electrons. The number of hydrogen-bond donors (Lipinski definition) is 0. The molecule has 0 unspecified atom stereocenters. The highest BCUT2D eigenvalue weighted by Gasteiger charge is 2.20. The third-order valence-corrected chi connectivity index (χ3v) is 3.92. The van der Waals surface area contributed by atoms with Gasteiger partial charge in [0.1, 0.15) is 0 Å². The molecule has 0 amide bonds. The summed E-state index contributed by atoms with van der Waals surface area (Å²) in [6.07, 6.45) is 11.0. The summed E-state index contributed by atoms with van der Waals surface area (Å²) in [6.45, 7) is 5.65. The lowest BCUT2D eigenvalue weighted by atomic mass is 9.81. The van der Waals surface area contributed by atoms with Gasteiger partial charge in [-0.2, -0.15) is 0 Å². The molecule has 0 bridgehead atoms. The minimum atomic E-state index is 0.890. The first-order chi connectivity index (χ1) is 7.29. The second kappa shape index (κ2) is 4.82. The largest absolute Gasteiger partial charge is 0.335 e. The number of imidazole rings is 1. The molecular weight excluding hydrogens is 184 g/mol. The van der Waals surface area contributed by atoms with Crippen LogP contribution in [0.5, 0.6) is 0 Å². The average Bonchev–Trinajstić information content (AvgIpc) is 2.66. The van der Waals surface area contributed by atoms with Gasteiger partial charge in [0, 0.05) is 18.4 Å². The quantitative estimate of drug-likeness (QED) is 0.741. The van der Waals surface area contributed by atoms with Gasteiger partial charge in [0.05, 0.1) is 6.33 Å². The number of aromatic nitrogens is 2. The van der Waals surface area contributed by atoms with E-state index in [0.717, 1.165) is 11.8 Å². The molecule has 1 aromatic heterocycles. The van der Waals surface area contributed by atoms with Gasteiger partial charge in [0.15, 0.2) is 0 Å². The zero-order chi connectivity index (χ0) is 10.7. The molecule has 0 aliphatic heterocycles. The first-order valence-electron chi connectivity index (χ1n) is 6.26. The zero-order valence-electron chi connectivity index (χ0n) is 9.95. The molecule has 1 aliphatic carbocycles. The molecule has 1 saturated carbocycles. The lowest BCUT2D eigenvalue weighted by Gasteiger charge is -2.28. The molecule has 0 N–H and O–H groups in total. The van der Waals surface area contributed by atoms with Gasteiger partial charge in [-0.05, 0) is 31.6 Å². The van der Waals surface area contributed by atoms with Crippen molar-refractivity contribution in [1.29, 1.82) is 0 Å². The fourth-order valence-electron chi connectivity index (χ4n) is 2.68. The van der Waals surface area contributed by atoms with Crippen molar-refractivity contribution in [3.05, 3.63) is 18.2 Å². The van der Waals surface area contributed by atoms with Crippen LogP contribution in [0.1, 0.15) is 44.7 Å². The van der Waals surface area contributed by atoms with E-state index in [1.807, 2.05) is 12.5 Å². The minimum absolute atomic E-state index is 0.890. The molecular formula is C13H22N2. The van der Waals surface area contributed by atoms with E-state index in [4.69, 9.17) is 0 Å². The van der Waals surface area contributed by atoms with Crippen LogP contribution in [-0.2, 0) is 6.54 Å². The van der Waals surface area contributed by atoms with Crippen LogP contribution in [0.3, 0.4) is 0 Å². The van der Waals surface area contributed by atoms with Crippen molar-refractivity contribution in [2.24, 2.45) is 11.8 Å². The Hall–Kier alpha value is -0.790. The number of aryl methyl sites for hydroxylation is 1. The Morgan fingerprint density at radius 2 is 1.93 bits per heavy atom. The summed E-state index contributed by atoms with van der Waals surface area (Å²) < 4.78 is 2.30. The van der Waals surface area contributed by atoms with Crippen molar-refractivity contribution >= 4 is 0 Å². The summed E-state index contributed by atoms with van der Waals surface area (Å²) in [5.74, 6) is 1.89. The Kier molecular flexibility index (Phi) is 3.45. The van der Waals surface area contributed by atoms with Crippen molar-refractivity contribution in [3.63, 3.8) is 0 Å². The topological polar surface area (TPSA) is 17.8 Å². The smallest absolute Gasteiger partial charge is 0.0948 e. The number of rotatable bonds is 3. The summed E-state index contributed by atoms with van der Waals surface area (Å²) in [6, 6.07) is 0. The molecule has 2 rings (SSSR count). The maximum absolute atomic E-state index is 4.18. The molecule has 2 nitrogen and oxygen atoms in total. The van der Waals surface area contributed by atoms with Gasteiger partial charge in [-0.25, -0.2) is 4.98 Å². The molecule has 0 aromatic carbocycles. The van der Waals surface area contributed by atoms with Gasteiger partial charge in [-0.1, -0.05) is 26.2 Å². The first kappa shape index (κ1) is 10.7. The summed E-state index contributed by atoms with van der Waals surface area (Å²) >= 11 is 0. The lowest BCUT2D eigenvalue weighted by Crippen LogP contribution is -2.18. The van der Waals surface area contributed by atoms with Crippen LogP contribution >= 0.6 is 0 Å². The maximum Gasteiger partial charge on any atom is 0.0948 e. The van der Waals surface area contributed by atoms with E-state index in [1.54, 1.807) is 0 Å². The Balaban J connectivity index is 1.85. The van der Waals surface area contributed by atoms with Gasteiger partial charge in [0.25, 0.3) is 0 Å². The van der Waals surface area contributed by atoms with E-state index in [9.17, 15) is 0 Å². The number of nitrogens with zero attached hydrogens (tertiary/aromatic N) is 2. The number of hydrogen-bond acceptors (Lipinski definition) is 1. The molecule has 1 fully saturated rings. The summed E-state index contributed by atoms with van der Waals surface area (Å²) in [5, 5.41) is 0. The Morgan fingerprint density at radius 3 is 2.47 bits per heavy atom. The molecule has 2 heteroatoms. The molecule has 15 heavy (non-hydrogen) atoms. The van der Waals surface area contributed by atoms with Crippen molar-refractivity contribution in [1.82, 2.24) is 9.55 Å². The Morgan fingerprint density at radius 1 is 1.27 bits per heavy atom. The lowest BCUT2D eigenvalue weighted by molar-refractivity contribution is 0.247. The molecule has 0 atom stereocenters.